The van der Waals surface area contributed by atoms with Gasteiger partial charge in [0.25, 0.3) is 0 Å². The number of urea groups is 1. The van der Waals surface area contributed by atoms with Crippen LogP contribution in [0.25, 0.3) is 11.5 Å². The Labute approximate surface area is 184 Å². The number of nitrogens with zero attached hydrogens (tertiary/aromatic N) is 4. The Morgan fingerprint density at radius 3 is 2.24 bits per heavy atom. The van der Waals surface area contributed by atoms with Crippen molar-refractivity contribution in [3.63, 3.8) is 0 Å². The van der Waals surface area contributed by atoms with Crippen LogP contribution in [0.15, 0.2) is 46.9 Å². The van der Waals surface area contributed by atoms with E-state index in [2.05, 4.69) is 14.6 Å². The van der Waals surface area contributed by atoms with Crippen LogP contribution in [0.1, 0.15) is 11.5 Å². The molecule has 2 amide bonds. The second kappa shape index (κ2) is 9.14. The fourth-order valence-electron chi connectivity index (χ4n) is 3.29. The molecular weight excluding hydrogens is 451 g/mol. The number of ether oxygens (including phenoxy) is 1. The van der Waals surface area contributed by atoms with Gasteiger partial charge in [-0.05, 0) is 24.3 Å². The quantitative estimate of drug-likeness (QED) is 0.528. The van der Waals surface area contributed by atoms with E-state index in [4.69, 9.17) is 4.74 Å². The predicted molar refractivity (Wildman–Crippen MR) is 105 cm³/mol. The standard InChI is InChI=1S/C21H17F5N4O3/c22-16-10-13(18-27-28-19(33-18)21(24,25)26)11-17(23)15(16)12-30(14-4-2-1-3-5-14)20(31)29-6-8-32-9-7-29/h1-5,10-11H,6-9,12H2. The molecule has 0 unspecified atom stereocenters. The van der Waals surface area contributed by atoms with Crippen LogP contribution in [0.4, 0.5) is 32.4 Å². The molecule has 1 fully saturated rings. The number of hydrogen-bond acceptors (Lipinski definition) is 5. The van der Waals surface area contributed by atoms with Crippen LogP contribution in [-0.4, -0.2) is 47.4 Å². The maximum absolute atomic E-state index is 14.9. The number of carbonyl (C=O) groups is 1. The molecule has 0 saturated carbocycles. The van der Waals surface area contributed by atoms with Crippen molar-refractivity contribution < 1.29 is 35.9 Å². The number of amides is 2. The first-order valence-corrected chi connectivity index (χ1v) is 9.82. The molecule has 0 bridgehead atoms. The lowest BCUT2D eigenvalue weighted by Gasteiger charge is -2.33. The molecule has 0 atom stereocenters. The van der Waals surface area contributed by atoms with Crippen LogP contribution in [0, 0.1) is 11.6 Å². The molecule has 0 radical (unpaired) electrons. The van der Waals surface area contributed by atoms with Crippen LogP contribution in [-0.2, 0) is 17.5 Å². The van der Waals surface area contributed by atoms with E-state index in [1.165, 1.54) is 9.80 Å². The number of alkyl halides is 3. The van der Waals surface area contributed by atoms with Gasteiger partial charge >= 0.3 is 18.1 Å². The Hall–Kier alpha value is -3.54. The first kappa shape index (κ1) is 22.6. The maximum Gasteiger partial charge on any atom is 0.470 e. The normalized spacial score (nSPS) is 14.4. The minimum Gasteiger partial charge on any atom is -0.413 e. The number of rotatable bonds is 4. The Bertz CT molecular complexity index is 1110. The molecule has 33 heavy (non-hydrogen) atoms. The van der Waals surface area contributed by atoms with Gasteiger partial charge in [-0.3, -0.25) is 4.90 Å². The molecule has 1 saturated heterocycles. The Morgan fingerprint density at radius 2 is 1.67 bits per heavy atom. The molecule has 0 N–H and O–H groups in total. The Balaban J connectivity index is 1.65. The topological polar surface area (TPSA) is 71.7 Å². The number of aromatic nitrogens is 2. The average molecular weight is 468 g/mol. The zero-order valence-electron chi connectivity index (χ0n) is 17.0. The predicted octanol–water partition coefficient (Wildman–Crippen LogP) is 4.49. The van der Waals surface area contributed by atoms with Crippen molar-refractivity contribution in [1.82, 2.24) is 15.1 Å². The van der Waals surface area contributed by atoms with Crippen LogP contribution in [0.3, 0.4) is 0 Å². The van der Waals surface area contributed by atoms with Crippen molar-refractivity contribution in [2.75, 3.05) is 31.2 Å². The van der Waals surface area contributed by atoms with Crippen LogP contribution in [0.2, 0.25) is 0 Å². The molecular formula is C21H17F5N4O3. The number of morpholine rings is 1. The molecule has 0 aliphatic carbocycles. The van der Waals surface area contributed by atoms with Gasteiger partial charge in [-0.2, -0.15) is 13.2 Å². The van der Waals surface area contributed by atoms with E-state index in [9.17, 15) is 26.7 Å². The van der Waals surface area contributed by atoms with Crippen molar-refractivity contribution in [3.8, 4) is 11.5 Å². The number of para-hydroxylation sites is 1. The third-order valence-electron chi connectivity index (χ3n) is 4.95. The number of carbonyl (C=O) groups excluding carboxylic acids is 1. The van der Waals surface area contributed by atoms with E-state index in [1.54, 1.807) is 30.3 Å². The largest absolute Gasteiger partial charge is 0.470 e. The highest BCUT2D eigenvalue weighted by atomic mass is 19.4. The highest BCUT2D eigenvalue weighted by Crippen LogP contribution is 2.32. The van der Waals surface area contributed by atoms with E-state index >= 15 is 0 Å². The molecule has 1 aromatic heterocycles. The number of halogens is 5. The lowest BCUT2D eigenvalue weighted by Crippen LogP contribution is -2.48. The van der Waals surface area contributed by atoms with Crippen molar-refractivity contribution in [1.29, 1.82) is 0 Å². The maximum atomic E-state index is 14.9. The van der Waals surface area contributed by atoms with E-state index in [0.29, 0.717) is 32.0 Å². The highest BCUT2D eigenvalue weighted by molar-refractivity contribution is 5.92. The minimum absolute atomic E-state index is 0.324. The van der Waals surface area contributed by atoms with Gasteiger partial charge in [-0.1, -0.05) is 18.2 Å². The fourth-order valence-corrected chi connectivity index (χ4v) is 3.29. The first-order valence-electron chi connectivity index (χ1n) is 9.82. The molecule has 12 heteroatoms. The average Bonchev–Trinajstić information content (AvgIpc) is 3.31. The molecule has 2 aromatic carbocycles. The Kier molecular flexibility index (Phi) is 6.27. The van der Waals surface area contributed by atoms with Gasteiger partial charge in [0, 0.05) is 29.9 Å². The summed E-state index contributed by atoms with van der Waals surface area (Å²) in [6, 6.07) is 9.45. The first-order chi connectivity index (χ1) is 15.7. The summed E-state index contributed by atoms with van der Waals surface area (Å²) in [5.41, 5.74) is -0.383. The molecule has 1 aliphatic rings. The molecule has 2 heterocycles. The monoisotopic (exact) mass is 468 g/mol. The van der Waals surface area contributed by atoms with E-state index < -0.39 is 47.7 Å². The Morgan fingerprint density at radius 1 is 1.03 bits per heavy atom. The minimum atomic E-state index is -4.89. The highest BCUT2D eigenvalue weighted by Gasteiger charge is 2.38. The number of anilines is 1. The van der Waals surface area contributed by atoms with Crippen molar-refractivity contribution in [2.45, 2.75) is 12.7 Å². The van der Waals surface area contributed by atoms with Gasteiger partial charge < -0.3 is 14.1 Å². The van der Waals surface area contributed by atoms with Gasteiger partial charge in [0.1, 0.15) is 11.6 Å². The SMILES string of the molecule is O=C(N1CCOCC1)N(Cc1c(F)cc(-c2nnc(C(F)(F)F)o2)cc1F)c1ccccc1. The summed E-state index contributed by atoms with van der Waals surface area (Å²) in [7, 11) is 0. The number of benzene rings is 2. The van der Waals surface area contributed by atoms with E-state index in [-0.39, 0.29) is 5.56 Å². The zero-order chi connectivity index (χ0) is 23.6. The summed E-state index contributed by atoms with van der Waals surface area (Å²) < 4.78 is 77.6. The summed E-state index contributed by atoms with van der Waals surface area (Å²) in [5, 5.41) is 6.06. The lowest BCUT2D eigenvalue weighted by atomic mass is 10.1. The molecule has 0 spiro atoms. The van der Waals surface area contributed by atoms with Gasteiger partial charge in [-0.15, -0.1) is 10.2 Å². The number of hydrogen-bond donors (Lipinski definition) is 0. The summed E-state index contributed by atoms with van der Waals surface area (Å²) in [6.45, 7) is 0.886. The van der Waals surface area contributed by atoms with Crippen LogP contribution >= 0.6 is 0 Å². The smallest absolute Gasteiger partial charge is 0.413 e. The molecule has 3 aromatic rings. The van der Waals surface area contributed by atoms with Gasteiger partial charge in [-0.25, -0.2) is 13.6 Å². The van der Waals surface area contributed by atoms with Crippen molar-refractivity contribution in [2.24, 2.45) is 0 Å². The summed E-state index contributed by atoms with van der Waals surface area (Å²) in [4.78, 5) is 15.9. The van der Waals surface area contributed by atoms with Crippen molar-refractivity contribution >= 4 is 11.7 Å². The van der Waals surface area contributed by atoms with Crippen LogP contribution in [0.5, 0.6) is 0 Å². The second-order valence-electron chi connectivity index (χ2n) is 7.13. The second-order valence-corrected chi connectivity index (χ2v) is 7.13. The third kappa shape index (κ3) is 4.95. The fraction of sp³-hybridized carbons (Fsp3) is 0.286. The molecule has 174 valence electrons. The summed E-state index contributed by atoms with van der Waals surface area (Å²) in [6.07, 6.45) is -4.89. The van der Waals surface area contributed by atoms with E-state index in [0.717, 1.165) is 12.1 Å². The molecule has 1 aliphatic heterocycles. The summed E-state index contributed by atoms with van der Waals surface area (Å²) in [5.74, 6) is -4.47. The van der Waals surface area contributed by atoms with Gasteiger partial charge in [0.2, 0.25) is 5.89 Å². The lowest BCUT2D eigenvalue weighted by molar-refractivity contribution is -0.156. The van der Waals surface area contributed by atoms with Crippen LogP contribution < -0.4 is 4.90 Å². The zero-order valence-corrected chi connectivity index (χ0v) is 17.0. The van der Waals surface area contributed by atoms with Gasteiger partial charge in [0.05, 0.1) is 19.8 Å². The van der Waals surface area contributed by atoms with Crippen molar-refractivity contribution in [3.05, 3.63) is 65.6 Å². The third-order valence-corrected chi connectivity index (χ3v) is 4.95. The van der Waals surface area contributed by atoms with E-state index in [1.807, 2.05) is 0 Å². The molecule has 4 rings (SSSR count). The molecule has 7 nitrogen and oxygen atoms in total. The van der Waals surface area contributed by atoms with Gasteiger partial charge in [0.15, 0.2) is 0 Å². The summed E-state index contributed by atoms with van der Waals surface area (Å²) >= 11 is 0.